The Kier molecular flexibility index (Phi) is 4.30. The second kappa shape index (κ2) is 6.35. The summed E-state index contributed by atoms with van der Waals surface area (Å²) in [5.41, 5.74) is 11.2. The van der Waals surface area contributed by atoms with Crippen LogP contribution in [0.15, 0.2) is 41.2 Å². The average molecular weight is 284 g/mol. The number of likely N-dealkylation sites (N-methyl/N-ethyl adjacent to an activating group) is 1. The number of furan rings is 1. The molecule has 0 saturated carbocycles. The third kappa shape index (κ3) is 3.30. The zero-order valence-electron chi connectivity index (χ0n) is 12.7. The molecule has 3 nitrogen and oxygen atoms in total. The van der Waals surface area contributed by atoms with Crippen molar-refractivity contribution in [2.24, 2.45) is 0 Å². The molecule has 2 aromatic rings. The molecule has 1 unspecified atom stereocenters. The van der Waals surface area contributed by atoms with Crippen LogP contribution in [0.25, 0.3) is 0 Å². The molecule has 0 bridgehead atoms. The molecule has 112 valence electrons. The van der Waals surface area contributed by atoms with E-state index in [1.54, 1.807) is 6.26 Å². The molecule has 1 heterocycles. The van der Waals surface area contributed by atoms with Gasteiger partial charge in [-0.1, -0.05) is 12.1 Å². The molecule has 0 fully saturated rings. The van der Waals surface area contributed by atoms with Crippen LogP contribution in [0.5, 0.6) is 0 Å². The van der Waals surface area contributed by atoms with Crippen LogP contribution in [-0.2, 0) is 19.3 Å². The maximum Gasteiger partial charge on any atom is 0.0934 e. The Labute approximate surface area is 126 Å². The molecule has 1 aliphatic rings. The van der Waals surface area contributed by atoms with Crippen molar-refractivity contribution >= 4 is 5.69 Å². The summed E-state index contributed by atoms with van der Waals surface area (Å²) in [5.74, 6) is 0. The second-order valence-corrected chi connectivity index (χ2v) is 6.10. The van der Waals surface area contributed by atoms with E-state index in [0.717, 1.165) is 31.5 Å². The Balaban J connectivity index is 1.53. The number of aryl methyl sites for hydroxylation is 1. The summed E-state index contributed by atoms with van der Waals surface area (Å²) >= 11 is 0. The maximum absolute atomic E-state index is 6.07. The Hall–Kier alpha value is -1.74. The van der Waals surface area contributed by atoms with Gasteiger partial charge in [-0.25, -0.2) is 0 Å². The van der Waals surface area contributed by atoms with Crippen molar-refractivity contribution < 1.29 is 4.42 Å². The molecule has 21 heavy (non-hydrogen) atoms. The molecule has 1 aromatic carbocycles. The lowest BCUT2D eigenvalue weighted by Crippen LogP contribution is -2.37. The summed E-state index contributed by atoms with van der Waals surface area (Å²) in [6.45, 7) is 1.13. The zero-order valence-corrected chi connectivity index (χ0v) is 12.7. The fourth-order valence-corrected chi connectivity index (χ4v) is 3.34. The number of hydrogen-bond acceptors (Lipinski definition) is 3. The first-order chi connectivity index (χ1) is 10.2. The van der Waals surface area contributed by atoms with Gasteiger partial charge < -0.3 is 15.1 Å². The number of nitrogens with two attached hydrogens (primary N) is 1. The third-order valence-corrected chi connectivity index (χ3v) is 4.67. The number of hydrogen-bond donors (Lipinski definition) is 1. The molecule has 0 amide bonds. The van der Waals surface area contributed by atoms with Crippen LogP contribution in [0.2, 0.25) is 0 Å². The van der Waals surface area contributed by atoms with Crippen LogP contribution in [0.1, 0.15) is 29.5 Å². The number of rotatable bonds is 5. The van der Waals surface area contributed by atoms with E-state index < -0.39 is 0 Å². The van der Waals surface area contributed by atoms with Crippen LogP contribution in [0.3, 0.4) is 0 Å². The van der Waals surface area contributed by atoms with Gasteiger partial charge in [0, 0.05) is 11.7 Å². The highest BCUT2D eigenvalue weighted by Crippen LogP contribution is 2.28. The van der Waals surface area contributed by atoms with Gasteiger partial charge >= 0.3 is 0 Å². The predicted octanol–water partition coefficient (Wildman–Crippen LogP) is 3.28. The van der Waals surface area contributed by atoms with E-state index in [0.29, 0.717) is 6.04 Å². The molecule has 0 aliphatic heterocycles. The molecule has 2 N–H and O–H groups in total. The Bertz CT molecular complexity index is 577. The molecule has 0 radical (unpaired) electrons. The zero-order chi connectivity index (χ0) is 14.7. The number of nitrogens with zero attached hydrogens (tertiary/aromatic N) is 1. The quantitative estimate of drug-likeness (QED) is 0.857. The Morgan fingerprint density at radius 3 is 3.05 bits per heavy atom. The standard InChI is InChI=1S/C18H24N2O/c1-20(10-3-4-14-9-11-21-13-14)16-7-8-17-15(12-16)5-2-6-18(17)19/h2,5-6,9,11,13,16H,3-4,7-8,10,12,19H2,1H3. The van der Waals surface area contributed by atoms with Crippen molar-refractivity contribution in [1.82, 2.24) is 4.90 Å². The average Bonchev–Trinajstić information content (AvgIpc) is 3.00. The Morgan fingerprint density at radius 2 is 2.24 bits per heavy atom. The van der Waals surface area contributed by atoms with Gasteiger partial charge in [0.15, 0.2) is 0 Å². The van der Waals surface area contributed by atoms with Gasteiger partial charge in [-0.2, -0.15) is 0 Å². The van der Waals surface area contributed by atoms with Crippen molar-refractivity contribution in [3.63, 3.8) is 0 Å². The van der Waals surface area contributed by atoms with Gasteiger partial charge in [-0.05, 0) is 74.5 Å². The van der Waals surface area contributed by atoms with Gasteiger partial charge in [-0.3, -0.25) is 0 Å². The van der Waals surface area contributed by atoms with E-state index in [2.05, 4.69) is 30.1 Å². The van der Waals surface area contributed by atoms with E-state index in [-0.39, 0.29) is 0 Å². The first-order valence-electron chi connectivity index (χ1n) is 7.81. The minimum Gasteiger partial charge on any atom is -0.472 e. The molecule has 0 spiro atoms. The second-order valence-electron chi connectivity index (χ2n) is 6.10. The van der Waals surface area contributed by atoms with Crippen LogP contribution in [0.4, 0.5) is 5.69 Å². The highest BCUT2D eigenvalue weighted by Gasteiger charge is 2.22. The lowest BCUT2D eigenvalue weighted by Gasteiger charge is -2.33. The summed E-state index contributed by atoms with van der Waals surface area (Å²) in [6, 6.07) is 9.03. The van der Waals surface area contributed by atoms with Gasteiger partial charge in [0.25, 0.3) is 0 Å². The van der Waals surface area contributed by atoms with Crippen LogP contribution >= 0.6 is 0 Å². The first kappa shape index (κ1) is 14.2. The number of anilines is 1. The highest BCUT2D eigenvalue weighted by atomic mass is 16.3. The van der Waals surface area contributed by atoms with Crippen LogP contribution in [-0.4, -0.2) is 24.5 Å². The summed E-state index contributed by atoms with van der Waals surface area (Å²) in [7, 11) is 2.25. The van der Waals surface area contributed by atoms with E-state index >= 15 is 0 Å². The number of nitrogen functional groups attached to an aromatic ring is 1. The van der Waals surface area contributed by atoms with Gasteiger partial charge in [0.05, 0.1) is 12.5 Å². The van der Waals surface area contributed by atoms with Gasteiger partial charge in [0.2, 0.25) is 0 Å². The summed E-state index contributed by atoms with van der Waals surface area (Å²) in [5, 5.41) is 0. The van der Waals surface area contributed by atoms with E-state index in [9.17, 15) is 0 Å². The molecule has 1 atom stereocenters. The lowest BCUT2D eigenvalue weighted by molar-refractivity contribution is 0.220. The molecular formula is C18H24N2O. The topological polar surface area (TPSA) is 42.4 Å². The minimum absolute atomic E-state index is 0.642. The highest BCUT2D eigenvalue weighted by molar-refractivity contribution is 5.52. The molecule has 1 aromatic heterocycles. The molecular weight excluding hydrogens is 260 g/mol. The Morgan fingerprint density at radius 1 is 1.33 bits per heavy atom. The molecule has 1 aliphatic carbocycles. The maximum atomic E-state index is 6.07. The minimum atomic E-state index is 0.642. The number of fused-ring (bicyclic) bond motifs is 1. The van der Waals surface area contributed by atoms with Crippen LogP contribution in [0, 0.1) is 0 Å². The fourth-order valence-electron chi connectivity index (χ4n) is 3.34. The summed E-state index contributed by atoms with van der Waals surface area (Å²) < 4.78 is 5.11. The largest absolute Gasteiger partial charge is 0.472 e. The van der Waals surface area contributed by atoms with Crippen molar-refractivity contribution in [2.75, 3.05) is 19.3 Å². The fraction of sp³-hybridized carbons (Fsp3) is 0.444. The van der Waals surface area contributed by atoms with Gasteiger partial charge in [0.1, 0.15) is 0 Å². The van der Waals surface area contributed by atoms with Crippen LogP contribution < -0.4 is 5.73 Å². The number of benzene rings is 1. The van der Waals surface area contributed by atoms with E-state index in [1.165, 1.54) is 29.5 Å². The van der Waals surface area contributed by atoms with Crippen molar-refractivity contribution in [2.45, 2.75) is 38.1 Å². The van der Waals surface area contributed by atoms with Gasteiger partial charge in [-0.15, -0.1) is 0 Å². The summed E-state index contributed by atoms with van der Waals surface area (Å²) in [6.07, 6.45) is 9.32. The predicted molar refractivity (Wildman–Crippen MR) is 86.3 cm³/mol. The lowest BCUT2D eigenvalue weighted by atomic mass is 9.86. The third-order valence-electron chi connectivity index (χ3n) is 4.67. The van der Waals surface area contributed by atoms with Crippen molar-refractivity contribution in [1.29, 1.82) is 0 Å². The monoisotopic (exact) mass is 284 g/mol. The van der Waals surface area contributed by atoms with Crippen molar-refractivity contribution in [3.8, 4) is 0 Å². The molecule has 3 rings (SSSR count). The molecule has 0 saturated heterocycles. The van der Waals surface area contributed by atoms with E-state index in [1.807, 2.05) is 12.3 Å². The SMILES string of the molecule is CN(CCCc1ccoc1)C1CCc2c(N)cccc2C1. The first-order valence-corrected chi connectivity index (χ1v) is 7.81. The smallest absolute Gasteiger partial charge is 0.0934 e. The van der Waals surface area contributed by atoms with Crippen molar-refractivity contribution in [3.05, 3.63) is 53.5 Å². The summed E-state index contributed by atoms with van der Waals surface area (Å²) in [4.78, 5) is 2.51. The normalized spacial score (nSPS) is 17.9. The van der Waals surface area contributed by atoms with E-state index in [4.69, 9.17) is 10.2 Å². The molecule has 3 heteroatoms.